The fourth-order valence-corrected chi connectivity index (χ4v) is 4.31. The second-order valence-electron chi connectivity index (χ2n) is 8.12. The van der Waals surface area contributed by atoms with Crippen LogP contribution in [0.5, 0.6) is 0 Å². The average molecular weight is 405 g/mol. The van der Waals surface area contributed by atoms with Crippen molar-refractivity contribution >= 4 is 23.2 Å². The van der Waals surface area contributed by atoms with Gasteiger partial charge >= 0.3 is 6.09 Å². The zero-order valence-corrected chi connectivity index (χ0v) is 16.8. The van der Waals surface area contributed by atoms with Crippen molar-refractivity contribution in [3.63, 3.8) is 0 Å². The van der Waals surface area contributed by atoms with Gasteiger partial charge in [-0.2, -0.15) is 0 Å². The number of fused-ring (bicyclic) bond motifs is 1. The SMILES string of the molecule is CN1CC2(CCN(C(=O)c3cnc4c(c3)ncn4Cc3ccccc3)CC2)OC1=O. The quantitative estimate of drug-likeness (QED) is 0.669. The molecule has 2 fully saturated rings. The van der Waals surface area contributed by atoms with Crippen molar-refractivity contribution < 1.29 is 14.3 Å². The summed E-state index contributed by atoms with van der Waals surface area (Å²) in [6.45, 7) is 2.38. The van der Waals surface area contributed by atoms with Crippen LogP contribution in [0.4, 0.5) is 4.79 Å². The molecular formula is C22H23N5O3. The molecule has 0 atom stereocenters. The Balaban J connectivity index is 1.30. The summed E-state index contributed by atoms with van der Waals surface area (Å²) in [4.78, 5) is 37.1. The molecule has 2 aliphatic rings. The fraction of sp³-hybridized carbons (Fsp3) is 0.364. The molecule has 0 saturated carbocycles. The Hall–Kier alpha value is -3.42. The third-order valence-corrected chi connectivity index (χ3v) is 6.00. The van der Waals surface area contributed by atoms with E-state index in [-0.39, 0.29) is 12.0 Å². The number of rotatable bonds is 3. The highest BCUT2D eigenvalue weighted by atomic mass is 16.6. The molecule has 2 saturated heterocycles. The van der Waals surface area contributed by atoms with Gasteiger partial charge in [0.1, 0.15) is 11.1 Å². The van der Waals surface area contributed by atoms with Gasteiger partial charge in [0.2, 0.25) is 0 Å². The van der Waals surface area contributed by atoms with Crippen LogP contribution in [-0.4, -0.2) is 68.6 Å². The van der Waals surface area contributed by atoms with E-state index in [1.165, 1.54) is 5.56 Å². The van der Waals surface area contributed by atoms with Crippen molar-refractivity contribution in [1.29, 1.82) is 0 Å². The number of ether oxygens (including phenoxy) is 1. The number of aromatic nitrogens is 3. The third kappa shape index (κ3) is 3.28. The van der Waals surface area contributed by atoms with Crippen LogP contribution in [0.3, 0.4) is 0 Å². The van der Waals surface area contributed by atoms with Crippen molar-refractivity contribution in [1.82, 2.24) is 24.3 Å². The number of pyridine rings is 1. The highest BCUT2D eigenvalue weighted by Gasteiger charge is 2.46. The van der Waals surface area contributed by atoms with E-state index in [1.807, 2.05) is 22.8 Å². The Morgan fingerprint density at radius 3 is 2.63 bits per heavy atom. The summed E-state index contributed by atoms with van der Waals surface area (Å²) < 4.78 is 7.55. The molecular weight excluding hydrogens is 382 g/mol. The Labute approximate surface area is 174 Å². The molecule has 5 rings (SSSR count). The molecule has 30 heavy (non-hydrogen) atoms. The number of hydrogen-bond donors (Lipinski definition) is 0. The third-order valence-electron chi connectivity index (χ3n) is 6.00. The molecule has 2 aliphatic heterocycles. The predicted molar refractivity (Wildman–Crippen MR) is 110 cm³/mol. The maximum Gasteiger partial charge on any atom is 0.410 e. The Bertz CT molecular complexity index is 1100. The number of benzene rings is 1. The number of likely N-dealkylation sites (tertiary alicyclic amines) is 1. The van der Waals surface area contributed by atoms with E-state index in [0.29, 0.717) is 50.1 Å². The van der Waals surface area contributed by atoms with E-state index < -0.39 is 5.60 Å². The molecule has 0 aliphatic carbocycles. The normalized spacial score (nSPS) is 18.2. The largest absolute Gasteiger partial charge is 0.441 e. The van der Waals surface area contributed by atoms with E-state index in [9.17, 15) is 9.59 Å². The molecule has 0 N–H and O–H groups in total. The minimum Gasteiger partial charge on any atom is -0.441 e. The number of imidazole rings is 1. The van der Waals surface area contributed by atoms with Crippen LogP contribution in [0.25, 0.3) is 11.2 Å². The summed E-state index contributed by atoms with van der Waals surface area (Å²) in [6, 6.07) is 11.9. The molecule has 0 radical (unpaired) electrons. The van der Waals surface area contributed by atoms with Crippen LogP contribution in [0.2, 0.25) is 0 Å². The van der Waals surface area contributed by atoms with Crippen LogP contribution in [-0.2, 0) is 11.3 Å². The van der Waals surface area contributed by atoms with E-state index >= 15 is 0 Å². The van der Waals surface area contributed by atoms with Gasteiger partial charge in [0.25, 0.3) is 5.91 Å². The molecule has 8 nitrogen and oxygen atoms in total. The number of nitrogens with zero attached hydrogens (tertiary/aromatic N) is 5. The molecule has 2 aromatic heterocycles. The van der Waals surface area contributed by atoms with Crippen molar-refractivity contribution in [2.24, 2.45) is 0 Å². The van der Waals surface area contributed by atoms with E-state index in [0.717, 1.165) is 5.65 Å². The van der Waals surface area contributed by atoms with Crippen LogP contribution >= 0.6 is 0 Å². The van der Waals surface area contributed by atoms with Gasteiger partial charge in [-0.05, 0) is 11.6 Å². The zero-order valence-electron chi connectivity index (χ0n) is 16.8. The number of likely N-dealkylation sites (N-methyl/N-ethyl adjacent to an activating group) is 1. The van der Waals surface area contributed by atoms with Gasteiger partial charge in [-0.25, -0.2) is 14.8 Å². The highest BCUT2D eigenvalue weighted by molar-refractivity contribution is 5.96. The maximum absolute atomic E-state index is 13.0. The second-order valence-corrected chi connectivity index (χ2v) is 8.12. The zero-order chi connectivity index (χ0) is 20.7. The molecule has 1 aromatic carbocycles. The molecule has 4 heterocycles. The highest BCUT2D eigenvalue weighted by Crippen LogP contribution is 2.33. The van der Waals surface area contributed by atoms with Crippen LogP contribution in [0.15, 0.2) is 48.9 Å². The number of piperidine rings is 1. The minimum absolute atomic E-state index is 0.0606. The molecule has 1 spiro atoms. The van der Waals surface area contributed by atoms with E-state index in [4.69, 9.17) is 4.74 Å². The summed E-state index contributed by atoms with van der Waals surface area (Å²) in [5.74, 6) is -0.0606. The predicted octanol–water partition coefficient (Wildman–Crippen LogP) is 2.54. The van der Waals surface area contributed by atoms with Gasteiger partial charge in [0.15, 0.2) is 5.65 Å². The lowest BCUT2D eigenvalue weighted by Crippen LogP contribution is -2.48. The monoisotopic (exact) mass is 405 g/mol. The fourth-order valence-electron chi connectivity index (χ4n) is 4.31. The first-order valence-electron chi connectivity index (χ1n) is 10.1. The molecule has 0 bridgehead atoms. The second kappa shape index (κ2) is 7.12. The van der Waals surface area contributed by atoms with Gasteiger partial charge in [-0.1, -0.05) is 30.3 Å². The number of carbonyl (C=O) groups excluding carboxylic acids is 2. The topological polar surface area (TPSA) is 80.6 Å². The summed E-state index contributed by atoms with van der Waals surface area (Å²) in [6.07, 6.45) is 4.40. The maximum atomic E-state index is 13.0. The standard InChI is InChI=1S/C22H23N5O3/c1-25-14-22(30-21(25)29)7-9-26(10-8-22)20(28)17-11-18-19(23-12-17)27(15-24-18)13-16-5-3-2-4-6-16/h2-6,11-12,15H,7-10,13-14H2,1H3. The van der Waals surface area contributed by atoms with Crippen molar-refractivity contribution in [2.45, 2.75) is 25.0 Å². The number of hydrogen-bond acceptors (Lipinski definition) is 5. The first kappa shape index (κ1) is 18.6. The molecule has 2 amide bonds. The van der Waals surface area contributed by atoms with Gasteiger partial charge in [-0.15, -0.1) is 0 Å². The Morgan fingerprint density at radius 2 is 1.93 bits per heavy atom. The van der Waals surface area contributed by atoms with Gasteiger partial charge in [0, 0.05) is 39.2 Å². The first-order chi connectivity index (χ1) is 14.5. The first-order valence-corrected chi connectivity index (χ1v) is 10.1. The Kier molecular flexibility index (Phi) is 4.42. The van der Waals surface area contributed by atoms with Crippen LogP contribution < -0.4 is 0 Å². The van der Waals surface area contributed by atoms with Crippen LogP contribution in [0, 0.1) is 0 Å². The van der Waals surface area contributed by atoms with Crippen LogP contribution in [0.1, 0.15) is 28.8 Å². The summed E-state index contributed by atoms with van der Waals surface area (Å²) in [5.41, 5.74) is 2.70. The average Bonchev–Trinajstić information content (AvgIpc) is 3.28. The summed E-state index contributed by atoms with van der Waals surface area (Å²) in [5, 5.41) is 0. The van der Waals surface area contributed by atoms with E-state index in [2.05, 4.69) is 22.1 Å². The molecule has 3 aromatic rings. The number of amides is 2. The van der Waals surface area contributed by atoms with Gasteiger partial charge < -0.3 is 19.1 Å². The molecule has 8 heteroatoms. The summed E-state index contributed by atoms with van der Waals surface area (Å²) in [7, 11) is 1.74. The van der Waals surface area contributed by atoms with Crippen molar-refractivity contribution in [3.8, 4) is 0 Å². The van der Waals surface area contributed by atoms with Gasteiger partial charge in [-0.3, -0.25) is 4.79 Å². The lowest BCUT2D eigenvalue weighted by molar-refractivity contribution is 0.00317. The Morgan fingerprint density at radius 1 is 1.17 bits per heavy atom. The number of carbonyl (C=O) groups is 2. The molecule has 0 unspecified atom stereocenters. The van der Waals surface area contributed by atoms with E-state index in [1.54, 1.807) is 35.4 Å². The lowest BCUT2D eigenvalue weighted by Gasteiger charge is -2.37. The minimum atomic E-state index is -0.457. The van der Waals surface area contributed by atoms with Gasteiger partial charge in [0.05, 0.1) is 25.0 Å². The summed E-state index contributed by atoms with van der Waals surface area (Å²) >= 11 is 0. The lowest BCUT2D eigenvalue weighted by atomic mass is 9.91. The molecule has 154 valence electrons. The smallest absolute Gasteiger partial charge is 0.410 e. The van der Waals surface area contributed by atoms with Crippen molar-refractivity contribution in [3.05, 3.63) is 60.0 Å². The van der Waals surface area contributed by atoms with Crippen molar-refractivity contribution in [2.75, 3.05) is 26.7 Å².